The minimum atomic E-state index is -0.595. The Kier molecular flexibility index (Phi) is 6.23. The first-order chi connectivity index (χ1) is 15.5. The fraction of sp³-hybridized carbons (Fsp3) is 0.292. The third-order valence-corrected chi connectivity index (χ3v) is 5.68. The van der Waals surface area contributed by atoms with Crippen molar-refractivity contribution in [1.29, 1.82) is 0 Å². The number of methoxy groups -OCH3 is 1. The highest BCUT2D eigenvalue weighted by Gasteiger charge is 2.19. The molecule has 2 aromatic carbocycles. The van der Waals surface area contributed by atoms with E-state index < -0.39 is 5.91 Å². The SMILES string of the molecule is CCc1ccccc1Nc1nc(Nc2cc3c(cc2OC)CCN(C)C3)ncc1C(N)=O. The highest BCUT2D eigenvalue weighted by atomic mass is 16.5. The van der Waals surface area contributed by atoms with Gasteiger partial charge in [0.05, 0.1) is 12.8 Å². The Morgan fingerprint density at radius 1 is 1.19 bits per heavy atom. The number of nitrogens with one attached hydrogen (secondary N) is 2. The molecule has 4 N–H and O–H groups in total. The van der Waals surface area contributed by atoms with E-state index in [1.165, 1.54) is 17.3 Å². The Morgan fingerprint density at radius 2 is 2.00 bits per heavy atom. The van der Waals surface area contributed by atoms with E-state index in [-0.39, 0.29) is 5.56 Å². The van der Waals surface area contributed by atoms with Crippen molar-refractivity contribution in [3.05, 3.63) is 64.8 Å². The lowest BCUT2D eigenvalue weighted by Crippen LogP contribution is -2.26. The van der Waals surface area contributed by atoms with Crippen LogP contribution in [-0.2, 0) is 19.4 Å². The summed E-state index contributed by atoms with van der Waals surface area (Å²) in [6.45, 7) is 3.97. The zero-order valence-corrected chi connectivity index (χ0v) is 18.6. The van der Waals surface area contributed by atoms with Gasteiger partial charge in [-0.3, -0.25) is 4.79 Å². The number of nitrogens with two attached hydrogens (primary N) is 1. The van der Waals surface area contributed by atoms with Gasteiger partial charge in [0.25, 0.3) is 5.91 Å². The number of benzene rings is 2. The summed E-state index contributed by atoms with van der Waals surface area (Å²) in [5.41, 5.74) is 11.1. The van der Waals surface area contributed by atoms with E-state index >= 15 is 0 Å². The summed E-state index contributed by atoms with van der Waals surface area (Å²) in [6.07, 6.45) is 3.26. The Labute approximate surface area is 187 Å². The molecule has 0 spiro atoms. The number of carbonyl (C=O) groups excluding carboxylic acids is 1. The monoisotopic (exact) mass is 432 g/mol. The van der Waals surface area contributed by atoms with Gasteiger partial charge in [-0.1, -0.05) is 25.1 Å². The van der Waals surface area contributed by atoms with Gasteiger partial charge in [0.2, 0.25) is 5.95 Å². The Bertz CT molecular complexity index is 1150. The van der Waals surface area contributed by atoms with Gasteiger partial charge >= 0.3 is 0 Å². The number of aromatic nitrogens is 2. The molecule has 0 aliphatic carbocycles. The molecule has 1 aliphatic rings. The molecule has 1 amide bonds. The van der Waals surface area contributed by atoms with Crippen LogP contribution in [0.1, 0.15) is 34.0 Å². The van der Waals surface area contributed by atoms with Gasteiger partial charge in [-0.2, -0.15) is 4.98 Å². The van der Waals surface area contributed by atoms with Gasteiger partial charge in [-0.25, -0.2) is 4.98 Å². The summed E-state index contributed by atoms with van der Waals surface area (Å²) < 4.78 is 5.61. The number of hydrogen-bond acceptors (Lipinski definition) is 7. The number of hydrogen-bond donors (Lipinski definition) is 3. The van der Waals surface area contributed by atoms with Crippen molar-refractivity contribution in [2.45, 2.75) is 26.3 Å². The van der Waals surface area contributed by atoms with Gasteiger partial charge in [0.15, 0.2) is 0 Å². The first kappa shape index (κ1) is 21.6. The lowest BCUT2D eigenvalue weighted by molar-refractivity contribution is 0.100. The number of rotatable bonds is 7. The maximum atomic E-state index is 12.0. The van der Waals surface area contributed by atoms with Crippen molar-refractivity contribution >= 4 is 29.0 Å². The number of carbonyl (C=O) groups is 1. The number of primary amides is 1. The molecule has 4 rings (SSSR count). The van der Waals surface area contributed by atoms with Gasteiger partial charge < -0.3 is 26.0 Å². The maximum absolute atomic E-state index is 12.0. The molecule has 32 heavy (non-hydrogen) atoms. The highest BCUT2D eigenvalue weighted by Crippen LogP contribution is 2.33. The third-order valence-electron chi connectivity index (χ3n) is 5.68. The van der Waals surface area contributed by atoms with Crippen molar-refractivity contribution in [3.8, 4) is 5.75 Å². The quantitative estimate of drug-likeness (QED) is 0.524. The second-order valence-corrected chi connectivity index (χ2v) is 7.89. The molecule has 1 aliphatic heterocycles. The summed E-state index contributed by atoms with van der Waals surface area (Å²) in [5, 5.41) is 6.51. The zero-order valence-electron chi connectivity index (χ0n) is 18.6. The fourth-order valence-electron chi connectivity index (χ4n) is 3.91. The predicted molar refractivity (Wildman–Crippen MR) is 126 cm³/mol. The molecule has 0 bridgehead atoms. The van der Waals surface area contributed by atoms with E-state index in [1.807, 2.05) is 24.3 Å². The van der Waals surface area contributed by atoms with Crippen molar-refractivity contribution in [2.24, 2.45) is 5.73 Å². The van der Waals surface area contributed by atoms with E-state index in [0.29, 0.717) is 11.8 Å². The number of fused-ring (bicyclic) bond motifs is 1. The number of ether oxygens (including phenoxy) is 1. The van der Waals surface area contributed by atoms with Gasteiger partial charge in [0.1, 0.15) is 17.1 Å². The van der Waals surface area contributed by atoms with Crippen molar-refractivity contribution in [1.82, 2.24) is 14.9 Å². The van der Waals surface area contributed by atoms with Gasteiger partial charge in [-0.15, -0.1) is 0 Å². The normalized spacial score (nSPS) is 13.3. The number of nitrogens with zero attached hydrogens (tertiary/aromatic N) is 3. The Morgan fingerprint density at radius 3 is 2.75 bits per heavy atom. The lowest BCUT2D eigenvalue weighted by atomic mass is 9.99. The molecule has 8 heteroatoms. The molecule has 1 aromatic heterocycles. The first-order valence-corrected chi connectivity index (χ1v) is 10.7. The second kappa shape index (κ2) is 9.23. The predicted octanol–water partition coefficient (Wildman–Crippen LogP) is 3.62. The van der Waals surface area contributed by atoms with Crippen LogP contribution in [0, 0.1) is 0 Å². The smallest absolute Gasteiger partial charge is 0.254 e. The van der Waals surface area contributed by atoms with Crippen LogP contribution in [0.15, 0.2) is 42.6 Å². The van der Waals surface area contributed by atoms with E-state index in [1.54, 1.807) is 7.11 Å². The summed E-state index contributed by atoms with van der Waals surface area (Å²) in [4.78, 5) is 23.1. The van der Waals surface area contributed by atoms with Gasteiger partial charge in [-0.05, 0) is 54.8 Å². The van der Waals surface area contributed by atoms with Crippen molar-refractivity contribution < 1.29 is 9.53 Å². The molecule has 0 saturated carbocycles. The fourth-order valence-corrected chi connectivity index (χ4v) is 3.91. The standard InChI is InChI=1S/C24H28N6O2/c1-4-15-7-5-6-8-19(15)27-23-18(22(25)31)13-26-24(29-23)28-20-11-17-14-30(2)10-9-16(17)12-21(20)32-3/h5-8,11-13H,4,9-10,14H2,1-3H3,(H2,25,31)(H2,26,27,28,29). The number of amides is 1. The lowest BCUT2D eigenvalue weighted by Gasteiger charge is -2.26. The molecular weight excluding hydrogens is 404 g/mol. The molecule has 0 saturated heterocycles. The van der Waals surface area contributed by atoms with E-state index in [0.717, 1.165) is 48.6 Å². The van der Waals surface area contributed by atoms with Crippen LogP contribution in [0.25, 0.3) is 0 Å². The summed E-state index contributed by atoms with van der Waals surface area (Å²) in [5.74, 6) is 0.825. The average molecular weight is 433 g/mol. The number of anilines is 4. The van der Waals surface area contributed by atoms with Crippen LogP contribution < -0.4 is 21.1 Å². The second-order valence-electron chi connectivity index (χ2n) is 7.89. The number of aryl methyl sites for hydroxylation is 1. The van der Waals surface area contributed by atoms with Crippen molar-refractivity contribution in [3.63, 3.8) is 0 Å². The Balaban J connectivity index is 1.69. The Hall–Kier alpha value is -3.65. The maximum Gasteiger partial charge on any atom is 0.254 e. The van der Waals surface area contributed by atoms with Crippen LogP contribution in [0.5, 0.6) is 5.75 Å². The number of likely N-dealkylation sites (N-methyl/N-ethyl adjacent to an activating group) is 1. The van der Waals surface area contributed by atoms with Crippen LogP contribution >= 0.6 is 0 Å². The van der Waals surface area contributed by atoms with Crippen LogP contribution in [0.3, 0.4) is 0 Å². The number of para-hydroxylation sites is 1. The highest BCUT2D eigenvalue weighted by molar-refractivity contribution is 5.98. The molecule has 8 nitrogen and oxygen atoms in total. The minimum Gasteiger partial charge on any atom is -0.495 e. The zero-order chi connectivity index (χ0) is 22.7. The summed E-state index contributed by atoms with van der Waals surface area (Å²) in [7, 11) is 3.76. The molecule has 166 valence electrons. The topological polar surface area (TPSA) is 105 Å². The van der Waals surface area contributed by atoms with Crippen LogP contribution in [-0.4, -0.2) is 41.5 Å². The molecule has 0 atom stereocenters. The van der Waals surface area contributed by atoms with E-state index in [4.69, 9.17) is 10.5 Å². The summed E-state index contributed by atoms with van der Waals surface area (Å²) >= 11 is 0. The molecule has 0 fully saturated rings. The van der Waals surface area contributed by atoms with E-state index in [9.17, 15) is 4.79 Å². The van der Waals surface area contributed by atoms with Crippen molar-refractivity contribution in [2.75, 3.05) is 31.3 Å². The molecule has 0 radical (unpaired) electrons. The average Bonchev–Trinajstić information content (AvgIpc) is 2.79. The largest absolute Gasteiger partial charge is 0.495 e. The van der Waals surface area contributed by atoms with Crippen LogP contribution in [0.4, 0.5) is 23.1 Å². The van der Waals surface area contributed by atoms with E-state index in [2.05, 4.69) is 51.6 Å². The molecule has 0 unspecified atom stereocenters. The minimum absolute atomic E-state index is 0.223. The molecule has 3 aromatic rings. The third kappa shape index (κ3) is 4.50. The molecular formula is C24H28N6O2. The molecule has 2 heterocycles. The first-order valence-electron chi connectivity index (χ1n) is 10.7. The van der Waals surface area contributed by atoms with Crippen LogP contribution in [0.2, 0.25) is 0 Å². The summed E-state index contributed by atoms with van der Waals surface area (Å²) in [6, 6.07) is 12.0. The van der Waals surface area contributed by atoms with Gasteiger partial charge in [0, 0.05) is 25.0 Å².